The Kier molecular flexibility index (Phi) is 5.24. The molecule has 0 saturated heterocycles. The third kappa shape index (κ3) is 3.81. The van der Waals surface area contributed by atoms with Crippen molar-refractivity contribution in [1.29, 1.82) is 0 Å². The molecule has 0 saturated carbocycles. The lowest BCUT2D eigenvalue weighted by Crippen LogP contribution is -2.05. The van der Waals surface area contributed by atoms with E-state index in [1.54, 1.807) is 0 Å². The fraction of sp³-hybridized carbons (Fsp3) is 0.400. The summed E-state index contributed by atoms with van der Waals surface area (Å²) in [6.07, 6.45) is 0.920. The van der Waals surface area contributed by atoms with E-state index in [0.717, 1.165) is 28.1 Å². The van der Waals surface area contributed by atoms with Crippen LogP contribution >= 0.6 is 0 Å². The standard InChI is InChI=1S/C10H13N3O4Si/c1-18-6-2-5-11-9-4-3-8(12(14)15)7-10(9)13(16)17/h3-4,7,11H,2,5-6H2,1H3. The van der Waals surface area contributed by atoms with Gasteiger partial charge in [-0.3, -0.25) is 20.2 Å². The predicted octanol–water partition coefficient (Wildman–Crippen LogP) is 2.48. The second-order valence-corrected chi connectivity index (χ2v) is 4.81. The lowest BCUT2D eigenvalue weighted by atomic mass is 10.2. The summed E-state index contributed by atoms with van der Waals surface area (Å²) in [7, 11) is 0.849. The number of rotatable bonds is 7. The van der Waals surface area contributed by atoms with Crippen molar-refractivity contribution in [3.05, 3.63) is 38.4 Å². The summed E-state index contributed by atoms with van der Waals surface area (Å²) in [6.45, 7) is 2.72. The largest absolute Gasteiger partial charge is 0.379 e. The van der Waals surface area contributed by atoms with Crippen molar-refractivity contribution in [2.45, 2.75) is 19.0 Å². The van der Waals surface area contributed by atoms with E-state index in [4.69, 9.17) is 0 Å². The number of benzene rings is 1. The monoisotopic (exact) mass is 267 g/mol. The Morgan fingerprint density at radius 1 is 1.28 bits per heavy atom. The Morgan fingerprint density at radius 3 is 2.56 bits per heavy atom. The second kappa shape index (κ2) is 6.69. The highest BCUT2D eigenvalue weighted by atomic mass is 28.2. The van der Waals surface area contributed by atoms with Crippen LogP contribution in [0.5, 0.6) is 0 Å². The maximum Gasteiger partial charge on any atom is 0.299 e. The van der Waals surface area contributed by atoms with Gasteiger partial charge in [0.25, 0.3) is 11.4 Å². The maximum absolute atomic E-state index is 10.8. The molecular formula is C10H13N3O4Si. The smallest absolute Gasteiger partial charge is 0.299 e. The topological polar surface area (TPSA) is 98.3 Å². The van der Waals surface area contributed by atoms with Gasteiger partial charge in [0, 0.05) is 22.1 Å². The van der Waals surface area contributed by atoms with E-state index < -0.39 is 9.85 Å². The first-order valence-electron chi connectivity index (χ1n) is 5.37. The molecule has 0 fully saturated rings. The van der Waals surface area contributed by atoms with Gasteiger partial charge in [0.05, 0.1) is 15.9 Å². The SMILES string of the molecule is C[Si]CCCNc1ccc([N+](=O)[O-])cc1[N+](=O)[O-]. The van der Waals surface area contributed by atoms with Gasteiger partial charge in [0.2, 0.25) is 0 Å². The molecule has 1 aromatic carbocycles. The number of nitrogens with one attached hydrogen (secondary N) is 1. The molecule has 0 atom stereocenters. The van der Waals surface area contributed by atoms with Crippen LogP contribution in [0.3, 0.4) is 0 Å². The van der Waals surface area contributed by atoms with Gasteiger partial charge in [0.1, 0.15) is 5.69 Å². The Morgan fingerprint density at radius 2 is 2.00 bits per heavy atom. The van der Waals surface area contributed by atoms with Crippen LogP contribution in [-0.2, 0) is 0 Å². The first-order chi connectivity index (χ1) is 8.56. The Bertz CT molecular complexity index is 453. The first kappa shape index (κ1) is 14.1. The predicted molar refractivity (Wildman–Crippen MR) is 69.3 cm³/mol. The molecule has 0 bridgehead atoms. The Balaban J connectivity index is 2.83. The lowest BCUT2D eigenvalue weighted by molar-refractivity contribution is -0.393. The van der Waals surface area contributed by atoms with Crippen LogP contribution in [0, 0.1) is 20.2 Å². The molecule has 0 heterocycles. The summed E-state index contributed by atoms with van der Waals surface area (Å²) in [5, 5.41) is 24.3. The number of hydrogen-bond donors (Lipinski definition) is 1. The van der Waals surface area contributed by atoms with E-state index in [1.165, 1.54) is 12.1 Å². The molecule has 0 aliphatic heterocycles. The first-order valence-corrected chi connectivity index (χ1v) is 7.08. The van der Waals surface area contributed by atoms with Crippen LogP contribution in [0.15, 0.2) is 18.2 Å². The van der Waals surface area contributed by atoms with Crippen LogP contribution in [0.2, 0.25) is 12.6 Å². The fourth-order valence-electron chi connectivity index (χ4n) is 1.42. The van der Waals surface area contributed by atoms with Crippen molar-refractivity contribution in [2.75, 3.05) is 11.9 Å². The van der Waals surface area contributed by atoms with Crippen LogP contribution in [0.4, 0.5) is 17.1 Å². The molecule has 8 heteroatoms. The third-order valence-electron chi connectivity index (χ3n) is 2.31. The van der Waals surface area contributed by atoms with Crippen molar-refractivity contribution in [3.8, 4) is 0 Å². The van der Waals surface area contributed by atoms with Crippen molar-refractivity contribution in [1.82, 2.24) is 0 Å². The number of nitrogens with zero attached hydrogens (tertiary/aromatic N) is 2. The van der Waals surface area contributed by atoms with E-state index in [9.17, 15) is 20.2 Å². The zero-order chi connectivity index (χ0) is 13.5. The molecular weight excluding hydrogens is 254 g/mol. The minimum absolute atomic E-state index is 0.261. The van der Waals surface area contributed by atoms with E-state index in [-0.39, 0.29) is 11.4 Å². The van der Waals surface area contributed by atoms with Crippen molar-refractivity contribution < 1.29 is 9.85 Å². The number of nitro groups is 2. The molecule has 18 heavy (non-hydrogen) atoms. The Labute approximate surface area is 106 Å². The highest BCUT2D eigenvalue weighted by molar-refractivity contribution is 6.33. The van der Waals surface area contributed by atoms with E-state index in [0.29, 0.717) is 12.2 Å². The van der Waals surface area contributed by atoms with Crippen molar-refractivity contribution in [3.63, 3.8) is 0 Å². The molecule has 1 N–H and O–H groups in total. The second-order valence-electron chi connectivity index (χ2n) is 3.60. The number of anilines is 1. The molecule has 1 aromatic rings. The minimum atomic E-state index is -0.644. The minimum Gasteiger partial charge on any atom is -0.379 e. The van der Waals surface area contributed by atoms with E-state index >= 15 is 0 Å². The van der Waals surface area contributed by atoms with Gasteiger partial charge in [-0.1, -0.05) is 12.6 Å². The average molecular weight is 267 g/mol. The van der Waals surface area contributed by atoms with Crippen LogP contribution < -0.4 is 5.32 Å². The van der Waals surface area contributed by atoms with Crippen molar-refractivity contribution in [2.24, 2.45) is 0 Å². The number of nitro benzene ring substituents is 2. The molecule has 0 aromatic heterocycles. The summed E-state index contributed by atoms with van der Waals surface area (Å²) in [6, 6.07) is 4.68. The van der Waals surface area contributed by atoms with Gasteiger partial charge in [-0.15, -0.1) is 0 Å². The molecule has 0 aliphatic carbocycles. The van der Waals surface area contributed by atoms with Gasteiger partial charge in [0.15, 0.2) is 0 Å². The van der Waals surface area contributed by atoms with Gasteiger partial charge in [-0.2, -0.15) is 0 Å². The van der Waals surface area contributed by atoms with Gasteiger partial charge < -0.3 is 5.32 Å². The summed E-state index contributed by atoms with van der Waals surface area (Å²) in [5.74, 6) is 0. The molecule has 96 valence electrons. The molecule has 2 radical (unpaired) electrons. The number of hydrogen-bond acceptors (Lipinski definition) is 5. The van der Waals surface area contributed by atoms with Gasteiger partial charge in [-0.25, -0.2) is 0 Å². The van der Waals surface area contributed by atoms with Crippen LogP contribution in [0.1, 0.15) is 6.42 Å². The fourth-order valence-corrected chi connectivity index (χ4v) is 1.95. The molecule has 0 unspecified atom stereocenters. The average Bonchev–Trinajstić information content (AvgIpc) is 2.34. The summed E-state index contributed by atoms with van der Waals surface area (Å²) < 4.78 is 0. The van der Waals surface area contributed by atoms with E-state index in [1.807, 2.05) is 0 Å². The third-order valence-corrected chi connectivity index (χ3v) is 3.16. The quantitative estimate of drug-likeness (QED) is 0.354. The highest BCUT2D eigenvalue weighted by Crippen LogP contribution is 2.28. The van der Waals surface area contributed by atoms with Crippen LogP contribution in [0.25, 0.3) is 0 Å². The summed E-state index contributed by atoms with van der Waals surface area (Å²) >= 11 is 0. The molecule has 0 amide bonds. The zero-order valence-electron chi connectivity index (χ0n) is 9.88. The molecule has 1 rings (SSSR count). The Hall–Kier alpha value is -1.96. The lowest BCUT2D eigenvalue weighted by Gasteiger charge is -2.06. The zero-order valence-corrected chi connectivity index (χ0v) is 10.9. The van der Waals surface area contributed by atoms with E-state index in [2.05, 4.69) is 11.9 Å². The summed E-state index contributed by atoms with van der Waals surface area (Å²) in [5.41, 5.74) is -0.213. The molecule has 0 spiro atoms. The van der Waals surface area contributed by atoms with Gasteiger partial charge in [-0.05, 0) is 12.5 Å². The highest BCUT2D eigenvalue weighted by Gasteiger charge is 2.18. The van der Waals surface area contributed by atoms with Gasteiger partial charge >= 0.3 is 0 Å². The van der Waals surface area contributed by atoms with Crippen LogP contribution in [-0.4, -0.2) is 25.9 Å². The number of non-ortho nitro benzene ring substituents is 1. The molecule has 7 nitrogen and oxygen atoms in total. The molecule has 0 aliphatic rings. The maximum atomic E-state index is 10.8. The normalized spacial score (nSPS) is 10.1. The van der Waals surface area contributed by atoms with Crippen molar-refractivity contribution >= 4 is 26.6 Å². The summed E-state index contributed by atoms with van der Waals surface area (Å²) in [4.78, 5) is 20.1.